The molecule has 23 heavy (non-hydrogen) atoms. The van der Waals surface area contributed by atoms with Gasteiger partial charge in [0.05, 0.1) is 0 Å². The van der Waals surface area contributed by atoms with E-state index in [1.807, 2.05) is 39.0 Å². The number of amides is 1. The largest absolute Gasteiger partial charge is 0.444 e. The lowest BCUT2D eigenvalue weighted by Crippen LogP contribution is -2.56. The van der Waals surface area contributed by atoms with E-state index in [4.69, 9.17) is 9.47 Å². The van der Waals surface area contributed by atoms with Crippen LogP contribution in [0.4, 0.5) is 4.79 Å². The van der Waals surface area contributed by atoms with Crippen molar-refractivity contribution in [2.24, 2.45) is 0 Å². The minimum absolute atomic E-state index is 0.148. The lowest BCUT2D eigenvalue weighted by molar-refractivity contribution is 0.0288. The predicted octanol–water partition coefficient (Wildman–Crippen LogP) is 2.85. The number of rotatable bonds is 5. The molecule has 0 aromatic heterocycles. The van der Waals surface area contributed by atoms with Crippen LogP contribution in [0, 0.1) is 0 Å². The molecule has 128 valence electrons. The Morgan fingerprint density at radius 1 is 1.22 bits per heavy atom. The molecule has 5 nitrogen and oxygen atoms in total. The Kier molecular flexibility index (Phi) is 6.02. The van der Waals surface area contributed by atoms with Crippen molar-refractivity contribution in [3.05, 3.63) is 35.9 Å². The van der Waals surface area contributed by atoms with E-state index in [1.54, 1.807) is 0 Å². The van der Waals surface area contributed by atoms with Crippen LogP contribution in [0.2, 0.25) is 0 Å². The average Bonchev–Trinajstić information content (AvgIpc) is 2.52. The Labute approximate surface area is 138 Å². The minimum Gasteiger partial charge on any atom is -0.444 e. The molecular weight excluding hydrogens is 292 g/mol. The second-order valence-electron chi connectivity index (χ2n) is 7.09. The van der Waals surface area contributed by atoms with E-state index >= 15 is 0 Å². The number of carbonyl (C=O) groups is 1. The van der Waals surface area contributed by atoms with Crippen LogP contribution in [0.25, 0.3) is 0 Å². The molecule has 0 aliphatic carbocycles. The van der Waals surface area contributed by atoms with E-state index in [-0.39, 0.29) is 11.6 Å². The van der Waals surface area contributed by atoms with Crippen LogP contribution in [0.3, 0.4) is 0 Å². The van der Waals surface area contributed by atoms with Gasteiger partial charge in [-0.05, 0) is 39.2 Å². The topological polar surface area (TPSA) is 59.6 Å². The van der Waals surface area contributed by atoms with Crippen LogP contribution >= 0.6 is 0 Å². The third-order valence-corrected chi connectivity index (χ3v) is 3.93. The smallest absolute Gasteiger partial charge is 0.407 e. The van der Waals surface area contributed by atoms with Gasteiger partial charge in [0.1, 0.15) is 5.60 Å². The number of hydrogen-bond acceptors (Lipinski definition) is 4. The van der Waals surface area contributed by atoms with Gasteiger partial charge in [0.2, 0.25) is 0 Å². The summed E-state index contributed by atoms with van der Waals surface area (Å²) in [6.45, 7) is 8.32. The quantitative estimate of drug-likeness (QED) is 0.876. The molecule has 1 aliphatic rings. The first-order valence-electron chi connectivity index (χ1n) is 8.22. The van der Waals surface area contributed by atoms with Gasteiger partial charge < -0.3 is 20.1 Å². The van der Waals surface area contributed by atoms with Gasteiger partial charge in [-0.3, -0.25) is 0 Å². The van der Waals surface area contributed by atoms with E-state index in [0.29, 0.717) is 19.8 Å². The Balaban J connectivity index is 1.91. The molecule has 1 aliphatic heterocycles. The first kappa shape index (κ1) is 17.8. The van der Waals surface area contributed by atoms with Crippen molar-refractivity contribution in [2.45, 2.75) is 51.3 Å². The van der Waals surface area contributed by atoms with Crippen LogP contribution in [-0.2, 0) is 16.0 Å². The number of hydrogen-bond donors (Lipinski definition) is 2. The van der Waals surface area contributed by atoms with Crippen LogP contribution in [-0.4, -0.2) is 37.0 Å². The summed E-state index contributed by atoms with van der Waals surface area (Å²) in [6, 6.07) is 10.3. The molecule has 0 atom stereocenters. The van der Waals surface area contributed by atoms with Crippen molar-refractivity contribution in [1.82, 2.24) is 10.6 Å². The van der Waals surface area contributed by atoms with E-state index in [2.05, 4.69) is 22.8 Å². The highest BCUT2D eigenvalue weighted by atomic mass is 16.6. The van der Waals surface area contributed by atoms with Gasteiger partial charge in [-0.2, -0.15) is 0 Å². The highest BCUT2D eigenvalue weighted by Gasteiger charge is 2.33. The Morgan fingerprint density at radius 3 is 2.48 bits per heavy atom. The normalized spacial score (nSPS) is 17.5. The maximum atomic E-state index is 11.9. The molecule has 0 unspecified atom stereocenters. The standard InChI is InChI=1S/C18H28N2O3/c1-17(2,3)23-16(21)19-14-18(9-11-22-12-10-18)20-13-15-7-5-4-6-8-15/h4-8,20H,9-14H2,1-3H3,(H,19,21). The molecule has 1 fully saturated rings. The fourth-order valence-corrected chi connectivity index (χ4v) is 2.62. The second kappa shape index (κ2) is 7.79. The summed E-state index contributed by atoms with van der Waals surface area (Å²) in [7, 11) is 0. The van der Waals surface area contributed by atoms with Gasteiger partial charge >= 0.3 is 6.09 Å². The summed E-state index contributed by atoms with van der Waals surface area (Å²) in [6.07, 6.45) is 1.37. The lowest BCUT2D eigenvalue weighted by atomic mass is 9.89. The van der Waals surface area contributed by atoms with Crippen molar-refractivity contribution < 1.29 is 14.3 Å². The Morgan fingerprint density at radius 2 is 1.87 bits per heavy atom. The van der Waals surface area contributed by atoms with E-state index < -0.39 is 5.60 Å². The van der Waals surface area contributed by atoms with Crippen molar-refractivity contribution in [2.75, 3.05) is 19.8 Å². The maximum Gasteiger partial charge on any atom is 0.407 e. The summed E-state index contributed by atoms with van der Waals surface area (Å²) in [5.41, 5.74) is 0.602. The van der Waals surface area contributed by atoms with Gasteiger partial charge in [-0.25, -0.2) is 4.79 Å². The highest BCUT2D eigenvalue weighted by molar-refractivity contribution is 5.67. The SMILES string of the molecule is CC(C)(C)OC(=O)NCC1(NCc2ccccc2)CCOCC1. The molecule has 1 saturated heterocycles. The van der Waals surface area contributed by atoms with Crippen molar-refractivity contribution >= 4 is 6.09 Å². The van der Waals surface area contributed by atoms with Gasteiger partial charge in [-0.15, -0.1) is 0 Å². The molecule has 0 radical (unpaired) electrons. The van der Waals surface area contributed by atoms with Crippen molar-refractivity contribution in [3.8, 4) is 0 Å². The molecule has 1 heterocycles. The minimum atomic E-state index is -0.482. The summed E-state index contributed by atoms with van der Waals surface area (Å²) in [5, 5.41) is 6.53. The lowest BCUT2D eigenvalue weighted by Gasteiger charge is -2.38. The van der Waals surface area contributed by atoms with Crippen LogP contribution in [0.5, 0.6) is 0 Å². The number of alkyl carbamates (subject to hydrolysis) is 1. The molecule has 0 bridgehead atoms. The first-order valence-corrected chi connectivity index (χ1v) is 8.22. The predicted molar refractivity (Wildman–Crippen MR) is 90.3 cm³/mol. The fraction of sp³-hybridized carbons (Fsp3) is 0.611. The Bertz CT molecular complexity index is 491. The van der Waals surface area contributed by atoms with E-state index in [0.717, 1.165) is 19.4 Å². The van der Waals surface area contributed by atoms with Crippen LogP contribution in [0.1, 0.15) is 39.2 Å². The molecule has 1 aromatic carbocycles. The number of carbonyl (C=O) groups excluding carboxylic acids is 1. The van der Waals surface area contributed by atoms with Crippen LogP contribution in [0.15, 0.2) is 30.3 Å². The van der Waals surface area contributed by atoms with E-state index in [1.165, 1.54) is 5.56 Å². The summed E-state index contributed by atoms with van der Waals surface area (Å²) in [5.74, 6) is 0. The third kappa shape index (κ3) is 6.20. The Hall–Kier alpha value is -1.59. The molecule has 1 amide bonds. The molecule has 0 saturated carbocycles. The van der Waals surface area contributed by atoms with Gasteiger partial charge in [0.15, 0.2) is 0 Å². The monoisotopic (exact) mass is 320 g/mol. The average molecular weight is 320 g/mol. The zero-order valence-electron chi connectivity index (χ0n) is 14.4. The maximum absolute atomic E-state index is 11.9. The molecule has 2 rings (SSSR count). The van der Waals surface area contributed by atoms with Gasteiger partial charge in [0.25, 0.3) is 0 Å². The molecule has 0 spiro atoms. The molecular formula is C18H28N2O3. The van der Waals surface area contributed by atoms with Crippen molar-refractivity contribution in [1.29, 1.82) is 0 Å². The van der Waals surface area contributed by atoms with Crippen LogP contribution < -0.4 is 10.6 Å². The number of nitrogens with one attached hydrogen (secondary N) is 2. The van der Waals surface area contributed by atoms with Gasteiger partial charge in [-0.1, -0.05) is 30.3 Å². The van der Waals surface area contributed by atoms with Crippen molar-refractivity contribution in [3.63, 3.8) is 0 Å². The molecule has 5 heteroatoms. The molecule has 1 aromatic rings. The fourth-order valence-electron chi connectivity index (χ4n) is 2.62. The first-order chi connectivity index (χ1) is 10.9. The third-order valence-electron chi connectivity index (χ3n) is 3.93. The highest BCUT2D eigenvalue weighted by Crippen LogP contribution is 2.21. The van der Waals surface area contributed by atoms with Gasteiger partial charge in [0, 0.05) is 31.8 Å². The van der Waals surface area contributed by atoms with E-state index in [9.17, 15) is 4.79 Å². The zero-order valence-corrected chi connectivity index (χ0v) is 14.4. The zero-order chi connectivity index (χ0) is 16.8. The number of ether oxygens (including phenoxy) is 2. The second-order valence-corrected chi connectivity index (χ2v) is 7.09. The molecule has 2 N–H and O–H groups in total. The number of benzene rings is 1. The summed E-state index contributed by atoms with van der Waals surface area (Å²) < 4.78 is 10.8. The summed E-state index contributed by atoms with van der Waals surface area (Å²) >= 11 is 0. The summed E-state index contributed by atoms with van der Waals surface area (Å²) in [4.78, 5) is 11.9.